The van der Waals surface area contributed by atoms with E-state index in [1.54, 1.807) is 6.07 Å². The van der Waals surface area contributed by atoms with Gasteiger partial charge in [-0.15, -0.1) is 5.10 Å². The van der Waals surface area contributed by atoms with Crippen LogP contribution in [0.3, 0.4) is 0 Å². The fourth-order valence-corrected chi connectivity index (χ4v) is 4.41. The molecule has 2 fully saturated rings. The fourth-order valence-electron chi connectivity index (χ4n) is 4.41. The molecule has 4 rings (SSSR count). The summed E-state index contributed by atoms with van der Waals surface area (Å²) >= 11 is 0. The largest absolute Gasteiger partial charge is 0.458 e. The Kier molecular flexibility index (Phi) is 5.29. The number of nitrogens with one attached hydrogen (secondary N) is 1. The molecule has 31 heavy (non-hydrogen) atoms. The van der Waals surface area contributed by atoms with Crippen molar-refractivity contribution in [2.75, 3.05) is 18.5 Å². The Labute approximate surface area is 176 Å². The molecule has 1 N–H and O–H groups in total. The highest BCUT2D eigenvalue weighted by atomic mass is 19.3. The van der Waals surface area contributed by atoms with Crippen LogP contribution in [0, 0.1) is 17.1 Å². The number of hydrogen-bond acceptors (Lipinski definition) is 7. The van der Waals surface area contributed by atoms with Gasteiger partial charge in [-0.1, -0.05) is 6.42 Å². The third-order valence-corrected chi connectivity index (χ3v) is 6.17. The minimum absolute atomic E-state index is 0.0474. The van der Waals surface area contributed by atoms with Crippen LogP contribution in [0.1, 0.15) is 50.8 Å². The molecule has 1 aliphatic heterocycles. The van der Waals surface area contributed by atoms with Crippen molar-refractivity contribution in [1.82, 2.24) is 14.6 Å². The lowest BCUT2D eigenvalue weighted by atomic mass is 9.62. The van der Waals surface area contributed by atoms with Crippen molar-refractivity contribution in [3.63, 3.8) is 0 Å². The van der Waals surface area contributed by atoms with Crippen molar-refractivity contribution in [2.45, 2.75) is 63.0 Å². The molecule has 8 nitrogen and oxygen atoms in total. The van der Waals surface area contributed by atoms with Gasteiger partial charge in [0.15, 0.2) is 5.82 Å². The number of nitrogens with zero attached hydrogens (tertiary/aromatic N) is 4. The minimum Gasteiger partial charge on any atom is -0.458 e. The quantitative estimate of drug-likeness (QED) is 0.718. The van der Waals surface area contributed by atoms with E-state index in [4.69, 9.17) is 9.47 Å². The molecule has 2 aliphatic rings. The number of carbonyl (C=O) groups excluding carboxylic acids is 1. The van der Waals surface area contributed by atoms with Crippen LogP contribution in [0.2, 0.25) is 0 Å². The molecule has 1 saturated heterocycles. The van der Waals surface area contributed by atoms with Crippen LogP contribution in [0.15, 0.2) is 6.20 Å². The van der Waals surface area contributed by atoms with E-state index in [-0.39, 0.29) is 42.6 Å². The SMILES string of the molecule is CC(=O)OC1COCCC1Nc1ncc2c(F)c(C#N)c(C3(C(C)(F)F)CCC3)n2n1. The molecule has 1 saturated carbocycles. The number of halogens is 3. The maximum Gasteiger partial charge on any atom is 0.303 e. The number of esters is 1. The minimum atomic E-state index is -3.17. The molecular weight excluding hydrogens is 415 g/mol. The number of anilines is 1. The third-order valence-electron chi connectivity index (χ3n) is 6.17. The number of carbonyl (C=O) groups is 1. The Morgan fingerprint density at radius 3 is 2.81 bits per heavy atom. The van der Waals surface area contributed by atoms with E-state index in [0.717, 1.165) is 17.6 Å². The summed E-state index contributed by atoms with van der Waals surface area (Å²) in [6.45, 7) is 2.68. The van der Waals surface area contributed by atoms with Crippen molar-refractivity contribution in [2.24, 2.45) is 0 Å². The van der Waals surface area contributed by atoms with Gasteiger partial charge in [-0.05, 0) is 19.3 Å². The zero-order valence-corrected chi connectivity index (χ0v) is 17.1. The van der Waals surface area contributed by atoms with Crippen molar-refractivity contribution in [1.29, 1.82) is 5.26 Å². The van der Waals surface area contributed by atoms with Gasteiger partial charge in [-0.3, -0.25) is 4.79 Å². The molecule has 2 atom stereocenters. The summed E-state index contributed by atoms with van der Waals surface area (Å²) in [5.74, 6) is -4.50. The fraction of sp³-hybridized carbons (Fsp3) is 0.600. The van der Waals surface area contributed by atoms with Crippen molar-refractivity contribution < 1.29 is 27.4 Å². The number of nitriles is 1. The molecular formula is C20H22F3N5O3. The predicted molar refractivity (Wildman–Crippen MR) is 102 cm³/mol. The maximum absolute atomic E-state index is 14.9. The van der Waals surface area contributed by atoms with Gasteiger partial charge in [0.1, 0.15) is 23.3 Å². The highest BCUT2D eigenvalue weighted by molar-refractivity contribution is 5.66. The van der Waals surface area contributed by atoms with Gasteiger partial charge in [0.05, 0.1) is 30.0 Å². The van der Waals surface area contributed by atoms with Crippen molar-refractivity contribution >= 4 is 17.4 Å². The summed E-state index contributed by atoms with van der Waals surface area (Å²) < 4.78 is 55.9. The first-order valence-electron chi connectivity index (χ1n) is 10.0. The first-order valence-corrected chi connectivity index (χ1v) is 10.0. The molecule has 0 aromatic carbocycles. The first-order chi connectivity index (χ1) is 14.7. The van der Waals surface area contributed by atoms with Gasteiger partial charge in [-0.2, -0.15) is 5.26 Å². The van der Waals surface area contributed by atoms with E-state index in [9.17, 15) is 23.2 Å². The Morgan fingerprint density at radius 2 is 2.23 bits per heavy atom. The number of rotatable bonds is 5. The van der Waals surface area contributed by atoms with E-state index in [1.807, 2.05) is 0 Å². The number of alkyl halides is 2. The molecule has 166 valence electrons. The molecule has 1 aliphatic carbocycles. The standard InChI is InChI=1S/C20H22F3N5O3/c1-11(29)31-15-10-30-7-4-13(15)26-18-25-9-14-16(21)12(8-24)17(28(14)27-18)20(5-3-6-20)19(2,22)23/h9,13,15H,3-7,10H2,1-2H3,(H,26,27). The highest BCUT2D eigenvalue weighted by Gasteiger charge is 2.58. The second kappa shape index (κ2) is 7.67. The molecule has 2 aromatic heterocycles. The Morgan fingerprint density at radius 1 is 1.48 bits per heavy atom. The van der Waals surface area contributed by atoms with E-state index in [0.29, 0.717) is 19.4 Å². The lowest BCUT2D eigenvalue weighted by Gasteiger charge is -2.45. The molecule has 0 spiro atoms. The summed E-state index contributed by atoms with van der Waals surface area (Å²) in [4.78, 5) is 15.5. The van der Waals surface area contributed by atoms with Crippen LogP contribution in [0.4, 0.5) is 19.1 Å². The molecule has 11 heteroatoms. The Balaban J connectivity index is 1.77. The Bertz CT molecular complexity index is 1050. The van der Waals surface area contributed by atoms with Crippen molar-refractivity contribution in [3.05, 3.63) is 23.3 Å². The van der Waals surface area contributed by atoms with Gasteiger partial charge in [-0.25, -0.2) is 22.7 Å². The number of aromatic nitrogens is 3. The van der Waals surface area contributed by atoms with Crippen molar-refractivity contribution in [3.8, 4) is 6.07 Å². The lowest BCUT2D eigenvalue weighted by Crippen LogP contribution is -2.50. The summed E-state index contributed by atoms with van der Waals surface area (Å²) in [5, 5.41) is 16.8. The number of ether oxygens (including phenoxy) is 2. The van der Waals surface area contributed by atoms with E-state index < -0.39 is 34.8 Å². The van der Waals surface area contributed by atoms with E-state index in [1.165, 1.54) is 6.92 Å². The molecule has 0 bridgehead atoms. The van der Waals surface area contributed by atoms with Crippen LogP contribution in [-0.4, -0.2) is 51.8 Å². The summed E-state index contributed by atoms with van der Waals surface area (Å²) in [7, 11) is 0. The molecule has 0 radical (unpaired) electrons. The smallest absolute Gasteiger partial charge is 0.303 e. The second-order valence-electron chi connectivity index (χ2n) is 8.11. The maximum atomic E-state index is 14.9. The molecule has 0 amide bonds. The normalized spacial score (nSPS) is 23.1. The van der Waals surface area contributed by atoms with Crippen LogP contribution in [-0.2, 0) is 19.7 Å². The van der Waals surface area contributed by atoms with E-state index in [2.05, 4.69) is 15.4 Å². The van der Waals surface area contributed by atoms with Gasteiger partial charge >= 0.3 is 5.97 Å². The van der Waals surface area contributed by atoms with Gasteiger partial charge in [0.25, 0.3) is 5.92 Å². The highest BCUT2D eigenvalue weighted by Crippen LogP contribution is 2.55. The van der Waals surface area contributed by atoms with E-state index >= 15 is 0 Å². The van der Waals surface area contributed by atoms with Crippen LogP contribution in [0.25, 0.3) is 5.52 Å². The molecule has 2 unspecified atom stereocenters. The summed E-state index contributed by atoms with van der Waals surface area (Å²) in [6.07, 6.45) is 1.86. The van der Waals surface area contributed by atoms with Gasteiger partial charge in [0.2, 0.25) is 5.95 Å². The second-order valence-corrected chi connectivity index (χ2v) is 8.11. The van der Waals surface area contributed by atoms with Crippen LogP contribution < -0.4 is 5.32 Å². The average molecular weight is 437 g/mol. The zero-order chi connectivity index (χ0) is 22.4. The first kappa shape index (κ1) is 21.4. The summed E-state index contributed by atoms with van der Waals surface area (Å²) in [6, 6.07) is 1.36. The monoisotopic (exact) mass is 437 g/mol. The lowest BCUT2D eigenvalue weighted by molar-refractivity contribution is -0.153. The average Bonchev–Trinajstić information content (AvgIpc) is 2.93. The van der Waals surface area contributed by atoms with Gasteiger partial charge in [0, 0.05) is 20.5 Å². The topological polar surface area (TPSA) is 102 Å². The van der Waals surface area contributed by atoms with Crippen LogP contribution in [0.5, 0.6) is 0 Å². The molecule has 3 heterocycles. The third kappa shape index (κ3) is 3.48. The molecule has 2 aromatic rings. The Hall–Kier alpha value is -2.87. The van der Waals surface area contributed by atoms with Gasteiger partial charge < -0.3 is 14.8 Å². The zero-order valence-electron chi connectivity index (χ0n) is 17.1. The summed E-state index contributed by atoms with van der Waals surface area (Å²) in [5.41, 5.74) is -2.38. The predicted octanol–water partition coefficient (Wildman–Crippen LogP) is 2.95. The number of hydrogen-bond donors (Lipinski definition) is 1. The number of fused-ring (bicyclic) bond motifs is 1. The van der Waals surface area contributed by atoms with Crippen LogP contribution >= 0.6 is 0 Å².